The first-order valence-electron chi connectivity index (χ1n) is 6.26. The second-order valence-corrected chi connectivity index (χ2v) is 4.72. The zero-order valence-corrected chi connectivity index (χ0v) is 14.1. The minimum absolute atomic E-state index is 0. The number of guanidine groups is 1. The maximum atomic E-state index is 5.90. The molecular formula is C13H20ClIN4. The van der Waals surface area contributed by atoms with Gasteiger partial charge in [0.25, 0.3) is 0 Å². The molecule has 2 rings (SSSR count). The number of anilines is 1. The van der Waals surface area contributed by atoms with Gasteiger partial charge in [-0.05, 0) is 31.2 Å². The molecule has 0 atom stereocenters. The largest absolute Gasteiger partial charge is 0.370 e. The van der Waals surface area contributed by atoms with E-state index >= 15 is 0 Å². The molecule has 19 heavy (non-hydrogen) atoms. The van der Waals surface area contributed by atoms with Gasteiger partial charge in [-0.25, -0.2) is 0 Å². The van der Waals surface area contributed by atoms with Crippen molar-refractivity contribution in [3.05, 3.63) is 29.3 Å². The number of nitrogens with zero attached hydrogens (tertiary/aromatic N) is 3. The SMILES string of the molecule is CCN=C(N)N1CCN(c2ccc(Cl)cc2)CC1.I. The van der Waals surface area contributed by atoms with Gasteiger partial charge in [-0.3, -0.25) is 4.99 Å². The average Bonchev–Trinajstić information content (AvgIpc) is 2.40. The Morgan fingerprint density at radius 3 is 2.32 bits per heavy atom. The highest BCUT2D eigenvalue weighted by molar-refractivity contribution is 14.0. The Morgan fingerprint density at radius 1 is 1.21 bits per heavy atom. The number of nitrogens with two attached hydrogens (primary N) is 1. The first-order valence-corrected chi connectivity index (χ1v) is 6.64. The Balaban J connectivity index is 0.00000180. The van der Waals surface area contributed by atoms with Crippen LogP contribution >= 0.6 is 35.6 Å². The van der Waals surface area contributed by atoms with Crippen LogP contribution in [0.4, 0.5) is 5.69 Å². The van der Waals surface area contributed by atoms with Crippen molar-refractivity contribution in [2.24, 2.45) is 10.7 Å². The van der Waals surface area contributed by atoms with Crippen molar-refractivity contribution in [2.45, 2.75) is 6.92 Å². The van der Waals surface area contributed by atoms with E-state index in [9.17, 15) is 0 Å². The smallest absolute Gasteiger partial charge is 0.191 e. The number of hydrogen-bond donors (Lipinski definition) is 1. The van der Waals surface area contributed by atoms with E-state index in [1.54, 1.807) is 0 Å². The van der Waals surface area contributed by atoms with Crippen molar-refractivity contribution in [3.63, 3.8) is 0 Å². The van der Waals surface area contributed by atoms with Crippen LogP contribution in [0.5, 0.6) is 0 Å². The fourth-order valence-electron chi connectivity index (χ4n) is 2.11. The van der Waals surface area contributed by atoms with Crippen LogP contribution in [0.2, 0.25) is 5.02 Å². The topological polar surface area (TPSA) is 44.9 Å². The fraction of sp³-hybridized carbons (Fsp3) is 0.462. The van der Waals surface area contributed by atoms with Crippen molar-refractivity contribution >= 4 is 47.2 Å². The van der Waals surface area contributed by atoms with E-state index in [1.807, 2.05) is 19.1 Å². The van der Waals surface area contributed by atoms with E-state index in [4.69, 9.17) is 17.3 Å². The summed E-state index contributed by atoms with van der Waals surface area (Å²) in [5.41, 5.74) is 7.12. The third-order valence-corrected chi connectivity index (χ3v) is 3.37. The first-order chi connectivity index (χ1) is 8.70. The number of aliphatic imine (C=N–C) groups is 1. The Kier molecular flexibility index (Phi) is 6.71. The molecule has 1 aromatic carbocycles. The molecule has 2 N–H and O–H groups in total. The summed E-state index contributed by atoms with van der Waals surface area (Å²) < 4.78 is 0. The lowest BCUT2D eigenvalue weighted by Crippen LogP contribution is -2.51. The number of halogens is 2. The zero-order chi connectivity index (χ0) is 13.0. The molecule has 0 unspecified atom stereocenters. The Hall–Kier alpha value is -0.690. The summed E-state index contributed by atoms with van der Waals surface area (Å²) in [6.07, 6.45) is 0. The zero-order valence-electron chi connectivity index (χ0n) is 11.1. The summed E-state index contributed by atoms with van der Waals surface area (Å²) in [7, 11) is 0. The van der Waals surface area contributed by atoms with Crippen LogP contribution in [0.3, 0.4) is 0 Å². The van der Waals surface area contributed by atoms with E-state index in [-0.39, 0.29) is 24.0 Å². The summed E-state index contributed by atoms with van der Waals surface area (Å²) in [6.45, 7) is 6.49. The molecule has 0 aromatic heterocycles. The molecule has 0 spiro atoms. The molecule has 1 heterocycles. The molecule has 0 amide bonds. The highest BCUT2D eigenvalue weighted by Crippen LogP contribution is 2.19. The fourth-order valence-corrected chi connectivity index (χ4v) is 2.23. The maximum Gasteiger partial charge on any atom is 0.191 e. The van der Waals surface area contributed by atoms with E-state index < -0.39 is 0 Å². The van der Waals surface area contributed by atoms with Crippen LogP contribution in [-0.4, -0.2) is 43.6 Å². The van der Waals surface area contributed by atoms with Gasteiger partial charge in [0.15, 0.2) is 5.96 Å². The highest BCUT2D eigenvalue weighted by atomic mass is 127. The summed E-state index contributed by atoms with van der Waals surface area (Å²) in [5.74, 6) is 0.660. The number of hydrogen-bond acceptors (Lipinski definition) is 2. The van der Waals surface area contributed by atoms with E-state index in [0.29, 0.717) is 5.96 Å². The van der Waals surface area contributed by atoms with Gasteiger partial charge in [0, 0.05) is 43.4 Å². The normalized spacial score (nSPS) is 16.2. The molecule has 0 saturated carbocycles. The van der Waals surface area contributed by atoms with Crippen LogP contribution in [-0.2, 0) is 0 Å². The standard InChI is InChI=1S/C13H19ClN4.HI/c1-2-16-13(15)18-9-7-17(8-10-18)12-5-3-11(14)4-6-12;/h3-6H,2,7-10H2,1H3,(H2,15,16);1H. The Bertz CT molecular complexity index is 413. The monoisotopic (exact) mass is 394 g/mol. The van der Waals surface area contributed by atoms with Crippen molar-refractivity contribution < 1.29 is 0 Å². The second-order valence-electron chi connectivity index (χ2n) is 4.28. The molecule has 1 fully saturated rings. The molecule has 0 bridgehead atoms. The van der Waals surface area contributed by atoms with Gasteiger partial charge in [-0.15, -0.1) is 24.0 Å². The number of piperazine rings is 1. The number of rotatable bonds is 2. The Morgan fingerprint density at radius 2 is 1.79 bits per heavy atom. The second kappa shape index (κ2) is 7.79. The minimum atomic E-state index is 0. The molecule has 0 aliphatic carbocycles. The third-order valence-electron chi connectivity index (χ3n) is 3.12. The van der Waals surface area contributed by atoms with Crippen LogP contribution in [0.1, 0.15) is 6.92 Å². The predicted octanol–water partition coefficient (Wildman–Crippen LogP) is 2.41. The minimum Gasteiger partial charge on any atom is -0.370 e. The number of benzene rings is 1. The summed E-state index contributed by atoms with van der Waals surface area (Å²) in [5, 5.41) is 0.775. The highest BCUT2D eigenvalue weighted by Gasteiger charge is 2.18. The quantitative estimate of drug-likeness (QED) is 0.476. The molecule has 106 valence electrons. The van der Waals surface area contributed by atoms with E-state index in [0.717, 1.165) is 37.7 Å². The predicted molar refractivity (Wildman–Crippen MR) is 92.8 cm³/mol. The van der Waals surface area contributed by atoms with Crippen LogP contribution in [0.25, 0.3) is 0 Å². The molecule has 1 aliphatic heterocycles. The molecule has 1 saturated heterocycles. The summed E-state index contributed by atoms with van der Waals surface area (Å²) in [4.78, 5) is 8.72. The molecule has 1 aliphatic rings. The first kappa shape index (κ1) is 16.4. The van der Waals surface area contributed by atoms with Crippen LogP contribution in [0, 0.1) is 0 Å². The summed E-state index contributed by atoms with van der Waals surface area (Å²) >= 11 is 5.89. The lowest BCUT2D eigenvalue weighted by Gasteiger charge is -2.36. The van der Waals surface area contributed by atoms with E-state index in [1.165, 1.54) is 5.69 Å². The lowest BCUT2D eigenvalue weighted by atomic mass is 10.2. The summed E-state index contributed by atoms with van der Waals surface area (Å²) in [6, 6.07) is 7.97. The third kappa shape index (κ3) is 4.42. The molecular weight excluding hydrogens is 375 g/mol. The molecule has 6 heteroatoms. The lowest BCUT2D eigenvalue weighted by molar-refractivity contribution is 0.381. The van der Waals surface area contributed by atoms with Gasteiger partial charge in [0.05, 0.1) is 0 Å². The maximum absolute atomic E-state index is 5.90. The van der Waals surface area contributed by atoms with Crippen molar-refractivity contribution in [3.8, 4) is 0 Å². The Labute approximate surface area is 136 Å². The van der Waals surface area contributed by atoms with Gasteiger partial charge in [0.1, 0.15) is 0 Å². The van der Waals surface area contributed by atoms with E-state index in [2.05, 4.69) is 26.9 Å². The van der Waals surface area contributed by atoms with Crippen molar-refractivity contribution in [1.29, 1.82) is 0 Å². The van der Waals surface area contributed by atoms with Crippen molar-refractivity contribution in [1.82, 2.24) is 4.90 Å². The van der Waals surface area contributed by atoms with Gasteiger partial charge in [-0.1, -0.05) is 11.6 Å². The molecule has 0 radical (unpaired) electrons. The van der Waals surface area contributed by atoms with Gasteiger partial charge in [-0.2, -0.15) is 0 Å². The van der Waals surface area contributed by atoms with Crippen molar-refractivity contribution in [2.75, 3.05) is 37.6 Å². The van der Waals surface area contributed by atoms with Gasteiger partial charge >= 0.3 is 0 Å². The van der Waals surface area contributed by atoms with Crippen LogP contribution < -0.4 is 10.6 Å². The van der Waals surface area contributed by atoms with Gasteiger partial charge in [0.2, 0.25) is 0 Å². The van der Waals surface area contributed by atoms with Gasteiger partial charge < -0.3 is 15.5 Å². The van der Waals surface area contributed by atoms with Crippen LogP contribution in [0.15, 0.2) is 29.3 Å². The molecule has 4 nitrogen and oxygen atoms in total. The molecule has 1 aromatic rings. The average molecular weight is 395 g/mol.